The van der Waals surface area contributed by atoms with Crippen LogP contribution in [0.2, 0.25) is 0 Å². The molecule has 1 amide bonds. The van der Waals surface area contributed by atoms with Crippen molar-refractivity contribution in [2.24, 2.45) is 5.10 Å². The zero-order valence-electron chi connectivity index (χ0n) is 19.8. The Kier molecular flexibility index (Phi) is 8.50. The summed E-state index contributed by atoms with van der Waals surface area (Å²) in [5.74, 6) is 0.500. The number of para-hydroxylation sites is 2. The van der Waals surface area contributed by atoms with Crippen LogP contribution in [0, 0.1) is 0 Å². The first-order chi connectivity index (χ1) is 18.0. The van der Waals surface area contributed by atoms with Gasteiger partial charge < -0.3 is 14.6 Å². The molecular weight excluding hydrogens is 494 g/mol. The van der Waals surface area contributed by atoms with Crippen LogP contribution in [0.3, 0.4) is 0 Å². The van der Waals surface area contributed by atoms with Crippen molar-refractivity contribution in [3.8, 4) is 28.6 Å². The van der Waals surface area contributed by atoms with Crippen LogP contribution >= 0.6 is 11.8 Å². The van der Waals surface area contributed by atoms with Crippen LogP contribution in [-0.2, 0) is 9.59 Å². The number of carbonyl (C=O) groups excluding carboxylic acids is 1. The van der Waals surface area contributed by atoms with Crippen molar-refractivity contribution in [2.75, 3.05) is 19.5 Å². The van der Waals surface area contributed by atoms with Gasteiger partial charge in [0.2, 0.25) is 0 Å². The van der Waals surface area contributed by atoms with Gasteiger partial charge in [0.1, 0.15) is 17.2 Å². The molecule has 37 heavy (non-hydrogen) atoms. The Hall–Kier alpha value is -4.64. The minimum Gasteiger partial charge on any atom is -0.497 e. The number of carbonyl (C=O) groups is 2. The second kappa shape index (κ2) is 12.4. The van der Waals surface area contributed by atoms with Gasteiger partial charge in [-0.2, -0.15) is 9.67 Å². The Bertz CT molecular complexity index is 1390. The molecule has 4 rings (SSSR count). The number of ether oxygens (including phenoxy) is 2. The fraction of sp³-hybridized carbons (Fsp3) is 0.115. The highest BCUT2D eigenvalue weighted by molar-refractivity contribution is 7.99. The molecule has 0 saturated carbocycles. The van der Waals surface area contributed by atoms with Crippen LogP contribution in [0.15, 0.2) is 89.1 Å². The van der Waals surface area contributed by atoms with E-state index in [1.165, 1.54) is 18.0 Å². The Morgan fingerprint density at radius 3 is 2.54 bits per heavy atom. The summed E-state index contributed by atoms with van der Waals surface area (Å²) in [6.07, 6.45) is 1.40. The molecule has 10 nitrogen and oxygen atoms in total. The molecule has 0 fully saturated rings. The van der Waals surface area contributed by atoms with Crippen LogP contribution in [0.1, 0.15) is 5.56 Å². The molecule has 3 aromatic carbocycles. The van der Waals surface area contributed by atoms with Gasteiger partial charge in [-0.15, -0.1) is 5.10 Å². The highest BCUT2D eigenvalue weighted by Gasteiger charge is 2.24. The van der Waals surface area contributed by atoms with Gasteiger partial charge in [-0.1, -0.05) is 30.3 Å². The van der Waals surface area contributed by atoms with Crippen LogP contribution in [0.5, 0.6) is 11.5 Å². The summed E-state index contributed by atoms with van der Waals surface area (Å²) >= 11 is 1.25. The quantitative estimate of drug-likeness (QED) is 0.120. The molecule has 11 heteroatoms. The monoisotopic (exact) mass is 518 g/mol. The third kappa shape index (κ3) is 6.73. The van der Waals surface area contributed by atoms with Crippen molar-refractivity contribution in [2.45, 2.75) is 5.16 Å². The molecule has 1 heterocycles. The molecule has 188 valence electrons. The second-order valence-corrected chi connectivity index (χ2v) is 8.50. The van der Waals surface area contributed by atoms with E-state index in [9.17, 15) is 9.59 Å². The number of carboxylic acids is 1. The topological polar surface area (TPSA) is 130 Å². The number of aromatic nitrogens is 3. The Labute approximate surface area is 217 Å². The van der Waals surface area contributed by atoms with Crippen molar-refractivity contribution in [1.82, 2.24) is 15.6 Å². The molecule has 0 aliphatic carbocycles. The van der Waals surface area contributed by atoms with E-state index in [1.807, 2.05) is 59.2 Å². The van der Waals surface area contributed by atoms with Gasteiger partial charge in [-0.25, -0.2) is 10.2 Å². The van der Waals surface area contributed by atoms with Crippen molar-refractivity contribution in [3.05, 3.63) is 84.4 Å². The van der Waals surface area contributed by atoms with Gasteiger partial charge in [0.25, 0.3) is 11.7 Å². The van der Waals surface area contributed by atoms with E-state index in [0.717, 1.165) is 22.8 Å². The highest BCUT2D eigenvalue weighted by atomic mass is 32.2. The molecule has 0 aliphatic heterocycles. The summed E-state index contributed by atoms with van der Waals surface area (Å²) in [5.41, 5.74) is 4.81. The number of thioether (sulfide) groups is 1. The Morgan fingerprint density at radius 1 is 1.08 bits per heavy atom. The Morgan fingerprint density at radius 2 is 1.81 bits per heavy atom. The van der Waals surface area contributed by atoms with Crippen molar-refractivity contribution >= 4 is 29.9 Å². The predicted molar refractivity (Wildman–Crippen MR) is 138 cm³/mol. The van der Waals surface area contributed by atoms with Crippen LogP contribution in [-0.4, -0.2) is 52.9 Å². The number of hydrogen-bond donors (Lipinski definition) is 3. The van der Waals surface area contributed by atoms with Gasteiger partial charge in [0, 0.05) is 5.56 Å². The molecule has 0 radical (unpaired) electrons. The van der Waals surface area contributed by atoms with E-state index in [2.05, 4.69) is 20.7 Å². The van der Waals surface area contributed by atoms with E-state index in [-0.39, 0.29) is 11.7 Å². The molecule has 4 aromatic rings. The molecule has 0 unspecified atom stereocenters. The van der Waals surface area contributed by atoms with Gasteiger partial charge in [-0.05, 0) is 60.3 Å². The predicted octanol–water partition coefficient (Wildman–Crippen LogP) is 3.07. The molecule has 0 atom stereocenters. The van der Waals surface area contributed by atoms with E-state index < -0.39 is 12.6 Å². The second-order valence-electron chi connectivity index (χ2n) is 7.56. The van der Waals surface area contributed by atoms with E-state index in [1.54, 1.807) is 31.4 Å². The molecule has 1 aromatic heterocycles. The lowest BCUT2D eigenvalue weighted by molar-refractivity contribution is -0.625. The molecule has 0 bridgehead atoms. The maximum atomic E-state index is 12.5. The summed E-state index contributed by atoms with van der Waals surface area (Å²) < 4.78 is 12.4. The summed E-state index contributed by atoms with van der Waals surface area (Å²) in [5, 5.41) is 20.9. The molecule has 0 aliphatic rings. The molecule has 3 N–H and O–H groups in total. The summed E-state index contributed by atoms with van der Waals surface area (Å²) in [6.45, 7) is -0.475. The first-order valence-corrected chi connectivity index (χ1v) is 12.1. The SMILES string of the molecule is COc1ccc(-c2[nH]nc(SCC(=O)NN=Cc3ccccc3OCC(=O)O)[n+]2-c2ccccc2)cc1. The number of hydrogen-bond acceptors (Lipinski definition) is 7. The molecule has 0 saturated heterocycles. The number of H-pyrrole nitrogens is 1. The lowest BCUT2D eigenvalue weighted by atomic mass is 10.2. The summed E-state index contributed by atoms with van der Waals surface area (Å²) in [4.78, 5) is 23.3. The normalized spacial score (nSPS) is 10.8. The Balaban J connectivity index is 1.45. The van der Waals surface area contributed by atoms with Crippen molar-refractivity contribution in [1.29, 1.82) is 0 Å². The van der Waals surface area contributed by atoms with Crippen LogP contribution in [0.25, 0.3) is 17.1 Å². The number of aromatic amines is 1. The number of carboxylic acid groups (broad SMARTS) is 1. The lowest BCUT2D eigenvalue weighted by Gasteiger charge is -2.06. The average Bonchev–Trinajstić information content (AvgIpc) is 3.36. The maximum absolute atomic E-state index is 12.5. The van der Waals surface area contributed by atoms with Crippen molar-refractivity contribution in [3.63, 3.8) is 0 Å². The number of nitrogens with one attached hydrogen (secondary N) is 2. The zero-order chi connectivity index (χ0) is 26.0. The standard InChI is InChI=1S/C26H23N5O5S/c1-35-21-13-11-18(12-14-21)25-29-30-26(31(25)20-8-3-2-4-9-20)37-17-23(32)28-27-15-19-7-5-6-10-22(19)36-16-24(33)34/h2-15H,16-17H2,1H3,(H2,28,32,33,34)/p+1. The highest BCUT2D eigenvalue weighted by Crippen LogP contribution is 2.22. The third-order valence-electron chi connectivity index (χ3n) is 5.05. The van der Waals surface area contributed by atoms with Gasteiger partial charge in [0.15, 0.2) is 6.61 Å². The van der Waals surface area contributed by atoms with Gasteiger partial charge >= 0.3 is 11.1 Å². The average molecular weight is 519 g/mol. The minimum absolute atomic E-state index is 0.0637. The van der Waals surface area contributed by atoms with Gasteiger partial charge in [0.05, 0.1) is 29.7 Å². The van der Waals surface area contributed by atoms with Gasteiger partial charge in [-0.3, -0.25) is 4.79 Å². The third-order valence-corrected chi connectivity index (χ3v) is 5.98. The largest absolute Gasteiger partial charge is 0.497 e. The van der Waals surface area contributed by atoms with Crippen LogP contribution < -0.4 is 19.5 Å². The smallest absolute Gasteiger partial charge is 0.342 e. The summed E-state index contributed by atoms with van der Waals surface area (Å²) in [7, 11) is 1.62. The number of methoxy groups -OCH3 is 1. The first kappa shape index (κ1) is 25.5. The number of amides is 1. The number of rotatable bonds is 11. The lowest BCUT2D eigenvalue weighted by Crippen LogP contribution is -2.34. The number of benzene rings is 3. The molecular formula is C26H24N5O5S+. The number of hydrazone groups is 1. The van der Waals surface area contributed by atoms with Crippen LogP contribution in [0.4, 0.5) is 0 Å². The number of aliphatic carboxylic acids is 1. The first-order valence-electron chi connectivity index (χ1n) is 11.1. The van der Waals surface area contributed by atoms with Crippen molar-refractivity contribution < 1.29 is 28.7 Å². The fourth-order valence-electron chi connectivity index (χ4n) is 3.35. The fourth-order valence-corrected chi connectivity index (χ4v) is 4.11. The zero-order valence-corrected chi connectivity index (χ0v) is 20.6. The minimum atomic E-state index is -1.08. The number of nitrogens with zero attached hydrogens (tertiary/aromatic N) is 3. The summed E-state index contributed by atoms with van der Waals surface area (Å²) in [6, 6.07) is 24.1. The van der Waals surface area contributed by atoms with E-state index in [0.29, 0.717) is 16.5 Å². The molecule has 0 spiro atoms. The van der Waals surface area contributed by atoms with E-state index >= 15 is 0 Å². The maximum Gasteiger partial charge on any atom is 0.342 e. The van der Waals surface area contributed by atoms with E-state index in [4.69, 9.17) is 14.6 Å².